The molecule has 0 atom stereocenters. The molecule has 0 saturated heterocycles. The van der Waals surface area contributed by atoms with Crippen LogP contribution in [0.2, 0.25) is 0 Å². The van der Waals surface area contributed by atoms with Crippen molar-refractivity contribution < 1.29 is 4.39 Å². The number of rotatable bonds is 6. The Kier molecular flexibility index (Phi) is 5.96. The first-order valence-electron chi connectivity index (χ1n) is 6.65. The topological polar surface area (TPSA) is 0 Å². The highest BCUT2D eigenvalue weighted by molar-refractivity contribution is 5.63. The zero-order valence-corrected chi connectivity index (χ0v) is 11.2. The van der Waals surface area contributed by atoms with Gasteiger partial charge in [-0.2, -0.15) is 0 Å². The smallest absolute Gasteiger partial charge is 0.126 e. The highest BCUT2D eigenvalue weighted by atomic mass is 19.1. The van der Waals surface area contributed by atoms with Gasteiger partial charge in [0, 0.05) is 5.56 Å². The van der Waals surface area contributed by atoms with Crippen molar-refractivity contribution >= 4 is 5.83 Å². The molecule has 94 valence electrons. The van der Waals surface area contributed by atoms with Crippen LogP contribution in [0.4, 0.5) is 4.39 Å². The molecule has 0 amide bonds. The van der Waals surface area contributed by atoms with Crippen molar-refractivity contribution in [2.75, 3.05) is 0 Å². The number of hydrogen-bond acceptors (Lipinski definition) is 0. The van der Waals surface area contributed by atoms with Gasteiger partial charge in [0.2, 0.25) is 0 Å². The largest absolute Gasteiger partial charge is 0.207 e. The minimum Gasteiger partial charge on any atom is -0.207 e. The Balaban J connectivity index is 3.00. The van der Waals surface area contributed by atoms with Gasteiger partial charge in [-0.1, -0.05) is 44.9 Å². The van der Waals surface area contributed by atoms with Gasteiger partial charge in [-0.05, 0) is 43.4 Å². The molecule has 0 heterocycles. The van der Waals surface area contributed by atoms with E-state index in [1.807, 2.05) is 12.1 Å². The van der Waals surface area contributed by atoms with E-state index in [1.165, 1.54) is 11.1 Å². The van der Waals surface area contributed by atoms with Gasteiger partial charge in [0.05, 0.1) is 0 Å². The lowest BCUT2D eigenvalue weighted by Crippen LogP contribution is -1.95. The van der Waals surface area contributed by atoms with Gasteiger partial charge >= 0.3 is 0 Å². The first-order valence-corrected chi connectivity index (χ1v) is 6.65. The van der Waals surface area contributed by atoms with E-state index in [4.69, 9.17) is 0 Å². The first kappa shape index (κ1) is 14.0. The maximum atomic E-state index is 14.1. The van der Waals surface area contributed by atoms with E-state index in [2.05, 4.69) is 26.8 Å². The molecule has 0 aromatic heterocycles. The van der Waals surface area contributed by atoms with Crippen LogP contribution in [0.15, 0.2) is 24.3 Å². The highest BCUT2D eigenvalue weighted by Gasteiger charge is 2.08. The summed E-state index contributed by atoms with van der Waals surface area (Å²) in [6.07, 6.45) is 6.76. The Morgan fingerprint density at radius 1 is 1.24 bits per heavy atom. The van der Waals surface area contributed by atoms with E-state index >= 15 is 0 Å². The third kappa shape index (κ3) is 3.99. The minimum atomic E-state index is -0.0540. The number of unbranched alkanes of at least 4 members (excludes halogenated alkanes) is 2. The van der Waals surface area contributed by atoms with Crippen LogP contribution in [0.3, 0.4) is 0 Å². The van der Waals surface area contributed by atoms with Crippen molar-refractivity contribution in [2.24, 2.45) is 0 Å². The third-order valence-electron chi connectivity index (χ3n) is 3.06. The lowest BCUT2D eigenvalue weighted by molar-refractivity contribution is 0.738. The molecule has 1 rings (SSSR count). The van der Waals surface area contributed by atoms with Crippen molar-refractivity contribution in [1.82, 2.24) is 0 Å². The standard InChI is InChI=1S/C16H23F/c1-4-6-10-14-13(3)9-8-11-15(14)16(17)12-7-5-2/h8-9,11-12H,4-7,10H2,1-3H3/b16-12-. The molecule has 0 saturated carbocycles. The summed E-state index contributed by atoms with van der Waals surface area (Å²) in [5.41, 5.74) is 3.18. The van der Waals surface area contributed by atoms with Crippen molar-refractivity contribution in [1.29, 1.82) is 0 Å². The summed E-state index contributed by atoms with van der Waals surface area (Å²) >= 11 is 0. The second-order valence-corrected chi connectivity index (χ2v) is 4.55. The summed E-state index contributed by atoms with van der Waals surface area (Å²) in [4.78, 5) is 0. The van der Waals surface area contributed by atoms with Crippen LogP contribution in [0.1, 0.15) is 56.2 Å². The molecule has 0 aliphatic carbocycles. The highest BCUT2D eigenvalue weighted by Crippen LogP contribution is 2.25. The molecule has 0 unspecified atom stereocenters. The maximum Gasteiger partial charge on any atom is 0.126 e. The van der Waals surface area contributed by atoms with Gasteiger partial charge in [0.25, 0.3) is 0 Å². The lowest BCUT2D eigenvalue weighted by atomic mass is 9.96. The number of allylic oxidation sites excluding steroid dienone is 1. The van der Waals surface area contributed by atoms with E-state index in [9.17, 15) is 4.39 Å². The van der Waals surface area contributed by atoms with E-state index in [-0.39, 0.29) is 5.83 Å². The first-order chi connectivity index (χ1) is 8.20. The SMILES string of the molecule is CCC/C=C(\F)c1cccc(C)c1CCCC. The number of aryl methyl sites for hydroxylation is 1. The van der Waals surface area contributed by atoms with E-state index in [1.54, 1.807) is 6.08 Å². The molecule has 0 N–H and O–H groups in total. The fourth-order valence-corrected chi connectivity index (χ4v) is 1.99. The van der Waals surface area contributed by atoms with Gasteiger partial charge in [-0.15, -0.1) is 0 Å². The molecular formula is C16H23F. The predicted molar refractivity (Wildman–Crippen MR) is 73.8 cm³/mol. The average Bonchev–Trinajstić information content (AvgIpc) is 2.34. The molecule has 1 aromatic rings. The van der Waals surface area contributed by atoms with Gasteiger partial charge < -0.3 is 0 Å². The van der Waals surface area contributed by atoms with Crippen molar-refractivity contribution in [3.8, 4) is 0 Å². The lowest BCUT2D eigenvalue weighted by Gasteiger charge is -2.11. The van der Waals surface area contributed by atoms with E-state index in [0.717, 1.165) is 37.7 Å². The summed E-state index contributed by atoms with van der Waals surface area (Å²) in [5.74, 6) is -0.0540. The summed E-state index contributed by atoms with van der Waals surface area (Å²) in [5, 5.41) is 0. The third-order valence-corrected chi connectivity index (χ3v) is 3.06. The Bertz CT molecular complexity index is 377. The molecular weight excluding hydrogens is 211 g/mol. The quantitative estimate of drug-likeness (QED) is 0.614. The Hall–Kier alpha value is -1.11. The molecule has 1 aromatic carbocycles. The zero-order valence-electron chi connectivity index (χ0n) is 11.2. The normalized spacial score (nSPS) is 11.9. The molecule has 0 radical (unpaired) electrons. The molecule has 0 nitrogen and oxygen atoms in total. The number of benzene rings is 1. The molecule has 0 aliphatic heterocycles. The second kappa shape index (κ2) is 7.26. The summed E-state index contributed by atoms with van der Waals surface area (Å²) in [6.45, 7) is 6.31. The fourth-order valence-electron chi connectivity index (χ4n) is 1.99. The van der Waals surface area contributed by atoms with Crippen molar-refractivity contribution in [3.63, 3.8) is 0 Å². The van der Waals surface area contributed by atoms with Gasteiger partial charge in [0.15, 0.2) is 0 Å². The van der Waals surface area contributed by atoms with Crippen LogP contribution in [-0.2, 0) is 6.42 Å². The molecule has 0 bridgehead atoms. The van der Waals surface area contributed by atoms with E-state index < -0.39 is 0 Å². The molecule has 1 heteroatoms. The van der Waals surface area contributed by atoms with Crippen LogP contribution in [0.25, 0.3) is 5.83 Å². The predicted octanol–water partition coefficient (Wildman–Crippen LogP) is 5.45. The average molecular weight is 234 g/mol. The van der Waals surface area contributed by atoms with Crippen molar-refractivity contribution in [2.45, 2.75) is 52.9 Å². The van der Waals surface area contributed by atoms with Crippen LogP contribution in [0.5, 0.6) is 0 Å². The summed E-state index contributed by atoms with van der Waals surface area (Å²) in [6, 6.07) is 5.92. The van der Waals surface area contributed by atoms with Crippen molar-refractivity contribution in [3.05, 3.63) is 41.0 Å². The van der Waals surface area contributed by atoms with Crippen LogP contribution < -0.4 is 0 Å². The zero-order chi connectivity index (χ0) is 12.7. The van der Waals surface area contributed by atoms with Gasteiger partial charge in [-0.25, -0.2) is 4.39 Å². The Morgan fingerprint density at radius 3 is 2.65 bits per heavy atom. The number of halogens is 1. The maximum absolute atomic E-state index is 14.1. The Labute approximate surface area is 105 Å². The van der Waals surface area contributed by atoms with Crippen LogP contribution in [0, 0.1) is 6.92 Å². The monoisotopic (exact) mass is 234 g/mol. The van der Waals surface area contributed by atoms with Gasteiger partial charge in [0.1, 0.15) is 5.83 Å². The summed E-state index contributed by atoms with van der Waals surface area (Å²) in [7, 11) is 0. The van der Waals surface area contributed by atoms with Crippen LogP contribution >= 0.6 is 0 Å². The second-order valence-electron chi connectivity index (χ2n) is 4.55. The molecule has 0 spiro atoms. The summed E-state index contributed by atoms with van der Waals surface area (Å²) < 4.78 is 14.1. The molecule has 0 fully saturated rings. The fraction of sp³-hybridized carbons (Fsp3) is 0.500. The molecule has 0 aliphatic rings. The minimum absolute atomic E-state index is 0.0540. The Morgan fingerprint density at radius 2 is 2.00 bits per heavy atom. The van der Waals surface area contributed by atoms with E-state index in [0.29, 0.717) is 0 Å². The molecule has 17 heavy (non-hydrogen) atoms. The van der Waals surface area contributed by atoms with Crippen LogP contribution in [-0.4, -0.2) is 0 Å². The number of hydrogen-bond donors (Lipinski definition) is 0. The van der Waals surface area contributed by atoms with Gasteiger partial charge in [-0.3, -0.25) is 0 Å².